The predicted octanol–water partition coefficient (Wildman–Crippen LogP) is -0.149. The van der Waals surface area contributed by atoms with Crippen LogP contribution in [0.3, 0.4) is 0 Å². The minimum atomic E-state index is -0.465. The number of carbonyl (C=O) groups is 2. The lowest BCUT2D eigenvalue weighted by atomic mass is 10.2. The molecule has 2 aromatic rings. The summed E-state index contributed by atoms with van der Waals surface area (Å²) in [5.74, 6) is -0.653. The third-order valence-electron chi connectivity index (χ3n) is 2.37. The van der Waals surface area contributed by atoms with Crippen molar-refractivity contribution < 1.29 is 9.59 Å². The summed E-state index contributed by atoms with van der Waals surface area (Å²) in [4.78, 5) is 26.7. The lowest BCUT2D eigenvalue weighted by molar-refractivity contribution is -0.120. The molecule has 0 aliphatic carbocycles. The highest BCUT2D eigenvalue weighted by Crippen LogP contribution is 1.96. The molecule has 2 amide bonds. The molecular formula is C12H13N5O2. The van der Waals surface area contributed by atoms with Crippen LogP contribution in [0, 0.1) is 0 Å². The number of benzene rings is 1. The molecule has 1 aromatic heterocycles. The summed E-state index contributed by atoms with van der Waals surface area (Å²) in [5, 5.41) is 11.1. The second-order valence-corrected chi connectivity index (χ2v) is 3.78. The quantitative estimate of drug-likeness (QED) is 0.695. The first-order valence-electron chi connectivity index (χ1n) is 5.70. The Hall–Kier alpha value is -2.70. The van der Waals surface area contributed by atoms with E-state index in [1.807, 2.05) is 30.3 Å². The molecule has 0 fully saturated rings. The van der Waals surface area contributed by atoms with Gasteiger partial charge in [0.1, 0.15) is 6.33 Å². The fourth-order valence-electron chi connectivity index (χ4n) is 1.42. The number of hydrogen-bond donors (Lipinski definition) is 3. The van der Waals surface area contributed by atoms with Crippen LogP contribution in [0.5, 0.6) is 0 Å². The number of H-pyrrole nitrogens is 1. The van der Waals surface area contributed by atoms with Gasteiger partial charge in [0.25, 0.3) is 5.91 Å². The van der Waals surface area contributed by atoms with Crippen molar-refractivity contribution in [2.24, 2.45) is 0 Å². The summed E-state index contributed by atoms with van der Waals surface area (Å²) >= 11 is 0. The standard InChI is InChI=1S/C12H13N5O2/c18-10(13-6-9-4-2-1-3-5-9)7-14-12(19)11-15-8-16-17-11/h1-5,8H,6-7H2,(H,13,18)(H,14,19)(H,15,16,17). The summed E-state index contributed by atoms with van der Waals surface area (Å²) in [5.41, 5.74) is 0.998. The van der Waals surface area contributed by atoms with Gasteiger partial charge >= 0.3 is 0 Å². The Morgan fingerprint density at radius 3 is 2.63 bits per heavy atom. The SMILES string of the molecule is O=C(CNC(=O)c1ncn[nH]1)NCc1ccccc1. The van der Waals surface area contributed by atoms with Crippen LogP contribution in [0.15, 0.2) is 36.7 Å². The van der Waals surface area contributed by atoms with E-state index in [2.05, 4.69) is 25.8 Å². The third-order valence-corrected chi connectivity index (χ3v) is 2.37. The maximum atomic E-state index is 11.5. The van der Waals surface area contributed by atoms with Crippen molar-refractivity contribution in [1.29, 1.82) is 0 Å². The van der Waals surface area contributed by atoms with E-state index in [1.54, 1.807) is 0 Å². The Kier molecular flexibility index (Phi) is 4.22. The molecule has 0 aliphatic rings. The lowest BCUT2D eigenvalue weighted by Crippen LogP contribution is -2.37. The van der Waals surface area contributed by atoms with Crippen molar-refractivity contribution in [3.8, 4) is 0 Å². The molecule has 98 valence electrons. The fraction of sp³-hybridized carbons (Fsp3) is 0.167. The van der Waals surface area contributed by atoms with Gasteiger partial charge in [-0.3, -0.25) is 14.7 Å². The van der Waals surface area contributed by atoms with Crippen molar-refractivity contribution in [2.75, 3.05) is 6.54 Å². The highest BCUT2D eigenvalue weighted by atomic mass is 16.2. The number of nitrogens with one attached hydrogen (secondary N) is 3. The summed E-state index contributed by atoms with van der Waals surface area (Å²) in [6.45, 7) is 0.324. The molecule has 0 aliphatic heterocycles. The van der Waals surface area contributed by atoms with E-state index in [9.17, 15) is 9.59 Å². The van der Waals surface area contributed by atoms with Crippen molar-refractivity contribution >= 4 is 11.8 Å². The number of hydrogen-bond acceptors (Lipinski definition) is 4. The molecule has 0 bridgehead atoms. The number of aromatic amines is 1. The summed E-state index contributed by atoms with van der Waals surface area (Å²) < 4.78 is 0. The smallest absolute Gasteiger partial charge is 0.289 e. The molecular weight excluding hydrogens is 246 g/mol. The minimum absolute atomic E-state index is 0.0795. The number of aromatic nitrogens is 3. The molecule has 2 rings (SSSR count). The van der Waals surface area contributed by atoms with Crippen molar-refractivity contribution in [1.82, 2.24) is 25.8 Å². The average molecular weight is 259 g/mol. The van der Waals surface area contributed by atoms with Crippen LogP contribution in [-0.4, -0.2) is 33.5 Å². The maximum Gasteiger partial charge on any atom is 0.289 e. The van der Waals surface area contributed by atoms with Crippen LogP contribution in [0.1, 0.15) is 16.2 Å². The molecule has 7 nitrogen and oxygen atoms in total. The highest BCUT2D eigenvalue weighted by Gasteiger charge is 2.09. The largest absolute Gasteiger partial charge is 0.350 e. The van der Waals surface area contributed by atoms with Gasteiger partial charge in [-0.05, 0) is 5.56 Å². The molecule has 3 N–H and O–H groups in total. The fourth-order valence-corrected chi connectivity index (χ4v) is 1.42. The molecule has 19 heavy (non-hydrogen) atoms. The highest BCUT2D eigenvalue weighted by molar-refractivity contribution is 5.93. The van der Waals surface area contributed by atoms with Gasteiger partial charge in [-0.25, -0.2) is 4.98 Å². The van der Waals surface area contributed by atoms with Crippen LogP contribution in [0.4, 0.5) is 0 Å². The maximum absolute atomic E-state index is 11.5. The number of amides is 2. The van der Waals surface area contributed by atoms with Gasteiger partial charge in [-0.1, -0.05) is 30.3 Å². The molecule has 1 aromatic carbocycles. The van der Waals surface area contributed by atoms with Crippen LogP contribution < -0.4 is 10.6 Å². The van der Waals surface area contributed by atoms with Gasteiger partial charge < -0.3 is 10.6 Å². The second kappa shape index (κ2) is 6.29. The normalized spacial score (nSPS) is 9.89. The number of nitrogens with zero attached hydrogens (tertiary/aromatic N) is 2. The molecule has 7 heteroatoms. The van der Waals surface area contributed by atoms with Gasteiger partial charge in [0.2, 0.25) is 11.7 Å². The third kappa shape index (κ3) is 3.91. The van der Waals surface area contributed by atoms with Crippen LogP contribution >= 0.6 is 0 Å². The monoisotopic (exact) mass is 259 g/mol. The first kappa shape index (κ1) is 12.7. The predicted molar refractivity (Wildman–Crippen MR) is 67.0 cm³/mol. The molecule has 0 saturated carbocycles. The molecule has 0 radical (unpaired) electrons. The zero-order chi connectivity index (χ0) is 13.5. The molecule has 0 spiro atoms. The van der Waals surface area contributed by atoms with Crippen LogP contribution in [-0.2, 0) is 11.3 Å². The zero-order valence-electron chi connectivity index (χ0n) is 10.1. The van der Waals surface area contributed by atoms with Gasteiger partial charge in [-0.15, -0.1) is 0 Å². The van der Waals surface area contributed by atoms with Gasteiger partial charge in [0.05, 0.1) is 6.54 Å². The number of rotatable bonds is 5. The van der Waals surface area contributed by atoms with E-state index in [1.165, 1.54) is 6.33 Å². The molecule has 0 unspecified atom stereocenters. The molecule has 0 atom stereocenters. The van der Waals surface area contributed by atoms with Gasteiger partial charge in [0, 0.05) is 6.54 Å². The Labute approximate surface area is 109 Å². The van der Waals surface area contributed by atoms with Crippen LogP contribution in [0.2, 0.25) is 0 Å². The average Bonchev–Trinajstić information content (AvgIpc) is 2.98. The van der Waals surface area contributed by atoms with Crippen LogP contribution in [0.25, 0.3) is 0 Å². The first-order chi connectivity index (χ1) is 9.25. The first-order valence-corrected chi connectivity index (χ1v) is 5.70. The van der Waals surface area contributed by atoms with Crippen molar-refractivity contribution in [3.63, 3.8) is 0 Å². The van der Waals surface area contributed by atoms with Gasteiger partial charge in [0.15, 0.2) is 0 Å². The molecule has 1 heterocycles. The van der Waals surface area contributed by atoms with E-state index >= 15 is 0 Å². The van der Waals surface area contributed by atoms with E-state index in [-0.39, 0.29) is 18.3 Å². The zero-order valence-corrected chi connectivity index (χ0v) is 10.1. The van der Waals surface area contributed by atoms with E-state index < -0.39 is 5.91 Å². The topological polar surface area (TPSA) is 99.8 Å². The Morgan fingerprint density at radius 2 is 1.95 bits per heavy atom. The lowest BCUT2D eigenvalue weighted by Gasteiger charge is -2.05. The van der Waals surface area contributed by atoms with E-state index in [0.29, 0.717) is 6.54 Å². The second-order valence-electron chi connectivity index (χ2n) is 3.78. The number of carbonyl (C=O) groups excluding carboxylic acids is 2. The van der Waals surface area contributed by atoms with Gasteiger partial charge in [-0.2, -0.15) is 5.10 Å². The Morgan fingerprint density at radius 1 is 1.16 bits per heavy atom. The van der Waals surface area contributed by atoms with Crippen molar-refractivity contribution in [2.45, 2.75) is 6.54 Å². The Bertz CT molecular complexity index is 539. The Balaban J connectivity index is 1.72. The summed E-state index contributed by atoms with van der Waals surface area (Å²) in [7, 11) is 0. The minimum Gasteiger partial charge on any atom is -0.350 e. The van der Waals surface area contributed by atoms with E-state index in [0.717, 1.165) is 5.56 Å². The summed E-state index contributed by atoms with van der Waals surface area (Å²) in [6, 6.07) is 9.52. The molecule has 0 saturated heterocycles. The summed E-state index contributed by atoms with van der Waals surface area (Å²) in [6.07, 6.45) is 1.23. The van der Waals surface area contributed by atoms with E-state index in [4.69, 9.17) is 0 Å². The van der Waals surface area contributed by atoms with Crippen molar-refractivity contribution in [3.05, 3.63) is 48.0 Å².